The zero-order chi connectivity index (χ0) is 18.4. The number of hydrogen-bond acceptors (Lipinski definition) is 3. The lowest BCUT2D eigenvalue weighted by molar-refractivity contribution is 0.237. The van der Waals surface area contributed by atoms with Crippen LogP contribution < -0.4 is 10.6 Å². The molecule has 0 saturated carbocycles. The van der Waals surface area contributed by atoms with Crippen molar-refractivity contribution in [2.24, 2.45) is 0 Å². The van der Waals surface area contributed by atoms with Crippen molar-refractivity contribution >= 4 is 6.03 Å². The Morgan fingerprint density at radius 2 is 2.04 bits per heavy atom. The Labute approximate surface area is 152 Å². The molecule has 6 heteroatoms. The number of nitriles is 1. The van der Waals surface area contributed by atoms with Crippen LogP contribution >= 0.6 is 0 Å². The van der Waals surface area contributed by atoms with E-state index in [0.29, 0.717) is 12.1 Å². The highest BCUT2D eigenvalue weighted by atomic mass is 16.2. The Morgan fingerprint density at radius 1 is 1.23 bits per heavy atom. The van der Waals surface area contributed by atoms with Crippen LogP contribution in [0.25, 0.3) is 5.69 Å². The maximum atomic E-state index is 12.1. The minimum Gasteiger partial charge on any atom is -0.334 e. The second-order valence-electron chi connectivity index (χ2n) is 5.90. The molecule has 0 fully saturated rings. The van der Waals surface area contributed by atoms with Crippen LogP contribution in [0.4, 0.5) is 4.79 Å². The molecule has 0 aliphatic rings. The van der Waals surface area contributed by atoms with Gasteiger partial charge in [0.1, 0.15) is 0 Å². The van der Waals surface area contributed by atoms with Crippen LogP contribution in [-0.2, 0) is 6.54 Å². The lowest BCUT2D eigenvalue weighted by Crippen LogP contribution is -2.36. The monoisotopic (exact) mass is 345 g/mol. The summed E-state index contributed by atoms with van der Waals surface area (Å²) in [4.78, 5) is 12.1. The average molecular weight is 345 g/mol. The zero-order valence-electron chi connectivity index (χ0n) is 14.4. The molecule has 0 unspecified atom stereocenters. The first-order valence-electron chi connectivity index (χ1n) is 8.29. The van der Waals surface area contributed by atoms with Crippen molar-refractivity contribution in [3.8, 4) is 11.8 Å². The summed E-state index contributed by atoms with van der Waals surface area (Å²) in [6, 6.07) is 18.6. The summed E-state index contributed by atoms with van der Waals surface area (Å²) in [5.41, 5.74) is 3.43. The van der Waals surface area contributed by atoms with Gasteiger partial charge in [-0.1, -0.05) is 24.3 Å². The van der Waals surface area contributed by atoms with Crippen molar-refractivity contribution < 1.29 is 4.79 Å². The van der Waals surface area contributed by atoms with E-state index in [2.05, 4.69) is 21.8 Å². The van der Waals surface area contributed by atoms with Crippen molar-refractivity contribution in [2.45, 2.75) is 19.5 Å². The molecule has 0 saturated heterocycles. The highest BCUT2D eigenvalue weighted by molar-refractivity contribution is 5.74. The molecule has 0 aliphatic heterocycles. The first-order valence-corrected chi connectivity index (χ1v) is 8.29. The number of amides is 2. The van der Waals surface area contributed by atoms with E-state index in [1.54, 1.807) is 29.1 Å². The molecule has 3 aromatic rings. The van der Waals surface area contributed by atoms with Gasteiger partial charge in [0, 0.05) is 18.9 Å². The van der Waals surface area contributed by atoms with Gasteiger partial charge in [0.25, 0.3) is 0 Å². The maximum Gasteiger partial charge on any atom is 0.315 e. The first kappa shape index (κ1) is 17.2. The van der Waals surface area contributed by atoms with E-state index >= 15 is 0 Å². The fraction of sp³-hybridized carbons (Fsp3) is 0.150. The van der Waals surface area contributed by atoms with E-state index in [0.717, 1.165) is 16.8 Å². The molecule has 2 N–H and O–H groups in total. The number of benzene rings is 2. The van der Waals surface area contributed by atoms with E-state index in [-0.39, 0.29) is 12.1 Å². The predicted octanol–water partition coefficient (Wildman–Crippen LogP) is 3.30. The molecule has 2 amide bonds. The van der Waals surface area contributed by atoms with Gasteiger partial charge in [0.15, 0.2) is 0 Å². The van der Waals surface area contributed by atoms with E-state index in [1.165, 1.54) is 0 Å². The van der Waals surface area contributed by atoms with Gasteiger partial charge >= 0.3 is 6.03 Å². The van der Waals surface area contributed by atoms with Crippen LogP contribution in [0.2, 0.25) is 0 Å². The summed E-state index contributed by atoms with van der Waals surface area (Å²) in [5, 5.41) is 18.8. The third kappa shape index (κ3) is 4.28. The molecule has 1 heterocycles. The molecule has 1 aromatic heterocycles. The normalized spacial score (nSPS) is 11.4. The van der Waals surface area contributed by atoms with Gasteiger partial charge in [-0.15, -0.1) is 0 Å². The number of carbonyl (C=O) groups excluding carboxylic acids is 1. The maximum absolute atomic E-state index is 12.1. The van der Waals surface area contributed by atoms with Gasteiger partial charge in [-0.2, -0.15) is 10.4 Å². The fourth-order valence-corrected chi connectivity index (χ4v) is 2.60. The second kappa shape index (κ2) is 7.99. The molecule has 6 nitrogen and oxygen atoms in total. The van der Waals surface area contributed by atoms with Gasteiger partial charge in [-0.3, -0.25) is 0 Å². The molecule has 26 heavy (non-hydrogen) atoms. The smallest absolute Gasteiger partial charge is 0.315 e. The number of nitrogens with zero attached hydrogens (tertiary/aromatic N) is 3. The molecule has 0 bridgehead atoms. The number of aromatic nitrogens is 2. The standard InChI is InChI=1S/C20H19N5O/c1-15(18-6-8-19(9-7-18)25-11-3-10-23-25)24-20(26)22-14-17-5-2-4-16(12-17)13-21/h2-12,15H,14H2,1H3,(H2,22,24,26)/t15-/m0/s1. The lowest BCUT2D eigenvalue weighted by atomic mass is 10.1. The SMILES string of the molecule is C[C@H](NC(=O)NCc1cccc(C#N)c1)c1ccc(-n2cccn2)cc1. The van der Waals surface area contributed by atoms with Crippen LogP contribution in [0, 0.1) is 11.3 Å². The number of nitrogens with one attached hydrogen (secondary N) is 2. The second-order valence-corrected chi connectivity index (χ2v) is 5.90. The highest BCUT2D eigenvalue weighted by Gasteiger charge is 2.09. The van der Waals surface area contributed by atoms with Crippen molar-refractivity contribution in [2.75, 3.05) is 0 Å². The molecule has 2 aromatic carbocycles. The lowest BCUT2D eigenvalue weighted by Gasteiger charge is -2.15. The van der Waals surface area contributed by atoms with Crippen LogP contribution in [0.15, 0.2) is 67.0 Å². The van der Waals surface area contributed by atoms with Crippen LogP contribution in [0.1, 0.15) is 29.7 Å². The Kier molecular flexibility index (Phi) is 5.30. The molecular formula is C20H19N5O. The fourth-order valence-electron chi connectivity index (χ4n) is 2.60. The van der Waals surface area contributed by atoms with Crippen LogP contribution in [-0.4, -0.2) is 15.8 Å². The van der Waals surface area contributed by atoms with Crippen LogP contribution in [0.3, 0.4) is 0 Å². The number of hydrogen-bond donors (Lipinski definition) is 2. The van der Waals surface area contributed by atoms with Crippen molar-refractivity contribution in [1.82, 2.24) is 20.4 Å². The minimum absolute atomic E-state index is 0.132. The molecular weight excluding hydrogens is 326 g/mol. The van der Waals surface area contributed by atoms with Crippen molar-refractivity contribution in [3.63, 3.8) is 0 Å². The third-order valence-corrected chi connectivity index (χ3v) is 4.02. The number of rotatable bonds is 5. The quantitative estimate of drug-likeness (QED) is 0.744. The summed E-state index contributed by atoms with van der Waals surface area (Å²) < 4.78 is 1.78. The third-order valence-electron chi connectivity index (χ3n) is 4.02. The van der Waals surface area contributed by atoms with Crippen molar-refractivity contribution in [3.05, 3.63) is 83.7 Å². The Hall–Kier alpha value is -3.59. The van der Waals surface area contributed by atoms with Gasteiger partial charge < -0.3 is 10.6 Å². The number of carbonyl (C=O) groups is 1. The average Bonchev–Trinajstić information content (AvgIpc) is 3.21. The largest absolute Gasteiger partial charge is 0.334 e. The Balaban J connectivity index is 1.54. The Bertz CT molecular complexity index is 910. The topological polar surface area (TPSA) is 82.7 Å². The summed E-state index contributed by atoms with van der Waals surface area (Å²) in [5.74, 6) is 0. The van der Waals surface area contributed by atoms with Gasteiger partial charge in [-0.05, 0) is 48.4 Å². The summed E-state index contributed by atoms with van der Waals surface area (Å²) in [6.07, 6.45) is 3.61. The predicted molar refractivity (Wildman–Crippen MR) is 98.5 cm³/mol. The van der Waals surface area contributed by atoms with Crippen LogP contribution in [0.5, 0.6) is 0 Å². The van der Waals surface area contributed by atoms with E-state index in [9.17, 15) is 4.79 Å². The van der Waals surface area contributed by atoms with Gasteiger partial charge in [-0.25, -0.2) is 9.48 Å². The summed E-state index contributed by atoms with van der Waals surface area (Å²) >= 11 is 0. The first-order chi connectivity index (χ1) is 12.7. The van der Waals surface area contributed by atoms with E-state index in [1.807, 2.05) is 49.5 Å². The molecule has 0 radical (unpaired) electrons. The Morgan fingerprint density at radius 3 is 2.73 bits per heavy atom. The number of urea groups is 1. The highest BCUT2D eigenvalue weighted by Crippen LogP contribution is 2.15. The molecule has 0 aliphatic carbocycles. The molecule has 130 valence electrons. The molecule has 0 spiro atoms. The molecule has 3 rings (SSSR count). The minimum atomic E-state index is -0.254. The summed E-state index contributed by atoms with van der Waals surface area (Å²) in [7, 11) is 0. The van der Waals surface area contributed by atoms with Gasteiger partial charge in [0.05, 0.1) is 23.4 Å². The molecule has 1 atom stereocenters. The van der Waals surface area contributed by atoms with E-state index in [4.69, 9.17) is 5.26 Å². The summed E-state index contributed by atoms with van der Waals surface area (Å²) in [6.45, 7) is 2.30. The zero-order valence-corrected chi connectivity index (χ0v) is 14.4. The van der Waals surface area contributed by atoms with Gasteiger partial charge in [0.2, 0.25) is 0 Å². The van der Waals surface area contributed by atoms with Crippen molar-refractivity contribution in [1.29, 1.82) is 5.26 Å². The van der Waals surface area contributed by atoms with E-state index < -0.39 is 0 Å².